The third-order valence-electron chi connectivity index (χ3n) is 2.83. The summed E-state index contributed by atoms with van der Waals surface area (Å²) in [6.07, 6.45) is 1.65. The number of ether oxygens (including phenoxy) is 1. The predicted molar refractivity (Wildman–Crippen MR) is 81.0 cm³/mol. The lowest BCUT2D eigenvalue weighted by molar-refractivity contribution is 0.0957. The van der Waals surface area contributed by atoms with Crippen LogP contribution in [0, 0.1) is 0 Å². The Labute approximate surface area is 122 Å². The molecule has 2 rings (SSSR count). The Morgan fingerprint density at radius 3 is 2.38 bits per heavy atom. The van der Waals surface area contributed by atoms with Crippen LogP contribution in [0.15, 0.2) is 65.5 Å². The van der Waals surface area contributed by atoms with Gasteiger partial charge in [0.2, 0.25) is 5.78 Å². The van der Waals surface area contributed by atoms with Crippen molar-refractivity contribution in [2.24, 2.45) is 5.11 Å². The number of Topliss-reactive ketones (excluding diaryl/α,β-unsaturated/α-hetero) is 1. The van der Waals surface area contributed by atoms with Crippen LogP contribution < -0.4 is 0 Å². The first-order valence-electron chi connectivity index (χ1n) is 6.25. The monoisotopic (exact) mass is 279 g/mol. The summed E-state index contributed by atoms with van der Waals surface area (Å²) in [6.45, 7) is 0. The van der Waals surface area contributed by atoms with E-state index in [1.807, 2.05) is 6.07 Å². The molecule has 0 N–H and O–H groups in total. The molecule has 0 aliphatic heterocycles. The van der Waals surface area contributed by atoms with Gasteiger partial charge >= 0.3 is 0 Å². The molecule has 0 saturated heterocycles. The van der Waals surface area contributed by atoms with Crippen LogP contribution >= 0.6 is 0 Å². The van der Waals surface area contributed by atoms with Crippen LogP contribution in [0.1, 0.15) is 15.9 Å². The molecule has 0 bridgehead atoms. The Hall–Kier alpha value is -3.04. The first-order chi connectivity index (χ1) is 10.2. The number of azide groups is 1. The Bertz CT molecular complexity index is 700. The van der Waals surface area contributed by atoms with E-state index in [9.17, 15) is 4.79 Å². The van der Waals surface area contributed by atoms with Crippen molar-refractivity contribution in [1.82, 2.24) is 0 Å². The van der Waals surface area contributed by atoms with E-state index < -0.39 is 0 Å². The van der Waals surface area contributed by atoms with Gasteiger partial charge in [0, 0.05) is 16.2 Å². The molecule has 5 heteroatoms. The van der Waals surface area contributed by atoms with Gasteiger partial charge in [0.05, 0.1) is 7.11 Å². The Kier molecular flexibility index (Phi) is 4.75. The summed E-state index contributed by atoms with van der Waals surface area (Å²) in [6, 6.07) is 15.8. The van der Waals surface area contributed by atoms with Gasteiger partial charge in [-0.05, 0) is 17.2 Å². The van der Waals surface area contributed by atoms with Gasteiger partial charge in [-0.25, -0.2) is 0 Å². The fourth-order valence-electron chi connectivity index (χ4n) is 1.79. The Balaban J connectivity index is 2.28. The van der Waals surface area contributed by atoms with Gasteiger partial charge in [-0.15, -0.1) is 0 Å². The lowest BCUT2D eigenvalue weighted by Gasteiger charge is -2.05. The van der Waals surface area contributed by atoms with Crippen LogP contribution in [0.25, 0.3) is 16.5 Å². The number of rotatable bonds is 5. The molecule has 2 aromatic carbocycles. The van der Waals surface area contributed by atoms with Crippen LogP contribution in [0.2, 0.25) is 0 Å². The molecule has 0 unspecified atom stereocenters. The molecule has 0 aliphatic carbocycles. The van der Waals surface area contributed by atoms with E-state index in [1.165, 1.54) is 7.11 Å². The van der Waals surface area contributed by atoms with Crippen molar-refractivity contribution < 1.29 is 9.53 Å². The minimum absolute atomic E-state index is 0.183. The Morgan fingerprint density at radius 1 is 1.14 bits per heavy atom. The lowest BCUT2D eigenvalue weighted by atomic mass is 10.1. The van der Waals surface area contributed by atoms with Crippen LogP contribution in [0.5, 0.6) is 0 Å². The van der Waals surface area contributed by atoms with Crippen molar-refractivity contribution in [2.45, 2.75) is 0 Å². The number of allylic oxidation sites excluding steroid dienone is 1. The SMILES string of the molecule is COC(=Cc1ccc(N=[N+]=[N-])cc1)C(=O)c1ccccc1. The summed E-state index contributed by atoms with van der Waals surface area (Å²) in [4.78, 5) is 15.0. The molecule has 0 amide bonds. The van der Waals surface area contributed by atoms with Crippen molar-refractivity contribution in [2.75, 3.05) is 7.11 Å². The molecule has 0 aliphatic rings. The highest BCUT2D eigenvalue weighted by atomic mass is 16.5. The molecule has 0 atom stereocenters. The number of nitrogens with zero attached hydrogens (tertiary/aromatic N) is 3. The molecule has 0 fully saturated rings. The summed E-state index contributed by atoms with van der Waals surface area (Å²) in [5.74, 6) is 0.0648. The summed E-state index contributed by atoms with van der Waals surface area (Å²) < 4.78 is 5.18. The van der Waals surface area contributed by atoms with Gasteiger partial charge in [-0.1, -0.05) is 59.7 Å². The molecule has 0 radical (unpaired) electrons. The van der Waals surface area contributed by atoms with Crippen LogP contribution in [0.4, 0.5) is 5.69 Å². The minimum atomic E-state index is -0.183. The van der Waals surface area contributed by atoms with Gasteiger partial charge < -0.3 is 4.74 Å². The van der Waals surface area contributed by atoms with E-state index in [4.69, 9.17) is 10.3 Å². The van der Waals surface area contributed by atoms with Gasteiger partial charge in [0.1, 0.15) is 0 Å². The van der Waals surface area contributed by atoms with Crippen LogP contribution in [-0.4, -0.2) is 12.9 Å². The molecular weight excluding hydrogens is 266 g/mol. The minimum Gasteiger partial charge on any atom is -0.493 e. The molecule has 0 spiro atoms. The number of benzene rings is 2. The average Bonchev–Trinajstić information content (AvgIpc) is 2.54. The van der Waals surface area contributed by atoms with E-state index >= 15 is 0 Å². The maximum absolute atomic E-state index is 12.3. The third-order valence-corrected chi connectivity index (χ3v) is 2.83. The van der Waals surface area contributed by atoms with E-state index in [2.05, 4.69) is 10.0 Å². The normalized spacial score (nSPS) is 10.6. The zero-order chi connectivity index (χ0) is 15.1. The number of carbonyl (C=O) groups excluding carboxylic acids is 1. The van der Waals surface area contributed by atoms with E-state index in [0.29, 0.717) is 11.3 Å². The Morgan fingerprint density at radius 2 is 1.81 bits per heavy atom. The van der Waals surface area contributed by atoms with Gasteiger partial charge in [-0.3, -0.25) is 4.79 Å². The van der Waals surface area contributed by atoms with E-state index in [0.717, 1.165) is 5.56 Å². The first kappa shape index (κ1) is 14.4. The smallest absolute Gasteiger partial charge is 0.227 e. The fourth-order valence-corrected chi connectivity index (χ4v) is 1.79. The predicted octanol–water partition coefficient (Wildman–Crippen LogP) is 4.50. The summed E-state index contributed by atoms with van der Waals surface area (Å²) in [5.41, 5.74) is 10.2. The second-order valence-corrected chi connectivity index (χ2v) is 4.19. The molecule has 104 valence electrons. The van der Waals surface area contributed by atoms with Crippen molar-refractivity contribution in [3.63, 3.8) is 0 Å². The van der Waals surface area contributed by atoms with Crippen molar-refractivity contribution in [3.05, 3.63) is 81.9 Å². The van der Waals surface area contributed by atoms with Gasteiger partial charge in [0.25, 0.3) is 0 Å². The van der Waals surface area contributed by atoms with Crippen LogP contribution in [0.3, 0.4) is 0 Å². The lowest BCUT2D eigenvalue weighted by Crippen LogP contribution is -2.04. The van der Waals surface area contributed by atoms with E-state index in [-0.39, 0.29) is 11.5 Å². The van der Waals surface area contributed by atoms with E-state index in [1.54, 1.807) is 54.6 Å². The highest BCUT2D eigenvalue weighted by Crippen LogP contribution is 2.17. The number of ketones is 1. The maximum atomic E-state index is 12.3. The fraction of sp³-hybridized carbons (Fsp3) is 0.0625. The number of methoxy groups -OCH3 is 1. The molecular formula is C16H13N3O2. The largest absolute Gasteiger partial charge is 0.493 e. The highest BCUT2D eigenvalue weighted by Gasteiger charge is 2.12. The highest BCUT2D eigenvalue weighted by molar-refractivity contribution is 6.09. The second-order valence-electron chi connectivity index (χ2n) is 4.19. The third kappa shape index (κ3) is 3.72. The molecule has 21 heavy (non-hydrogen) atoms. The van der Waals surface area contributed by atoms with Gasteiger partial charge in [0.15, 0.2) is 5.76 Å². The molecule has 2 aromatic rings. The van der Waals surface area contributed by atoms with Gasteiger partial charge in [-0.2, -0.15) is 0 Å². The quantitative estimate of drug-likeness (QED) is 0.202. The van der Waals surface area contributed by atoms with Crippen molar-refractivity contribution >= 4 is 17.5 Å². The summed E-state index contributed by atoms with van der Waals surface area (Å²) in [5, 5.41) is 3.49. The van der Waals surface area contributed by atoms with Crippen molar-refractivity contribution in [1.29, 1.82) is 0 Å². The summed E-state index contributed by atoms with van der Waals surface area (Å²) >= 11 is 0. The maximum Gasteiger partial charge on any atom is 0.227 e. The number of carbonyl (C=O) groups is 1. The van der Waals surface area contributed by atoms with Crippen LogP contribution in [-0.2, 0) is 4.74 Å². The average molecular weight is 279 g/mol. The first-order valence-corrected chi connectivity index (χ1v) is 6.25. The molecule has 0 aromatic heterocycles. The molecule has 5 nitrogen and oxygen atoms in total. The molecule has 0 heterocycles. The topological polar surface area (TPSA) is 75.1 Å². The molecule has 0 saturated carbocycles. The number of hydrogen-bond acceptors (Lipinski definition) is 3. The standard InChI is InChI=1S/C16H13N3O2/c1-21-15(16(20)13-5-3-2-4-6-13)11-12-7-9-14(10-8-12)18-19-17/h2-11H,1H3. The zero-order valence-corrected chi connectivity index (χ0v) is 11.4. The summed E-state index contributed by atoms with van der Waals surface area (Å²) in [7, 11) is 1.46. The van der Waals surface area contributed by atoms with Crippen molar-refractivity contribution in [3.8, 4) is 0 Å². The zero-order valence-electron chi connectivity index (χ0n) is 11.4. The number of hydrogen-bond donors (Lipinski definition) is 0. The second kappa shape index (κ2) is 6.93.